The van der Waals surface area contributed by atoms with E-state index in [0.717, 1.165) is 77.2 Å². The van der Waals surface area contributed by atoms with E-state index >= 15 is 0 Å². The van der Waals surface area contributed by atoms with Crippen molar-refractivity contribution in [2.45, 2.75) is 70.0 Å². The third-order valence-electron chi connectivity index (χ3n) is 4.75. The molecule has 1 saturated carbocycles. The van der Waals surface area contributed by atoms with Gasteiger partial charge in [0.1, 0.15) is 0 Å². The predicted molar refractivity (Wildman–Crippen MR) is 112 cm³/mol. The highest BCUT2D eigenvalue weighted by atomic mass is 127. The van der Waals surface area contributed by atoms with Crippen LogP contribution in [-0.4, -0.2) is 62.2 Å². The molecular weight excluding hydrogens is 433 g/mol. The first kappa shape index (κ1) is 22.9. The summed E-state index contributed by atoms with van der Waals surface area (Å²) in [4.78, 5) is 4.57. The second-order valence-electron chi connectivity index (χ2n) is 6.97. The number of ether oxygens (including phenoxy) is 2. The third kappa shape index (κ3) is 9.40. The summed E-state index contributed by atoms with van der Waals surface area (Å²) < 4.78 is 11.2. The lowest BCUT2D eigenvalue weighted by Gasteiger charge is -2.30. The standard InChI is InChI=1S/C18H35N3O3.HI/c1-2-19-17(21-15-18(22)9-4-3-5-10-18)20-11-7-12-23-14-16-8-6-13-24-16;/h16,22H,2-15H2,1H3,(H2,19,20,21);1H. The fourth-order valence-electron chi connectivity index (χ4n) is 3.31. The highest BCUT2D eigenvalue weighted by molar-refractivity contribution is 14.0. The zero-order valence-corrected chi connectivity index (χ0v) is 17.9. The van der Waals surface area contributed by atoms with E-state index in [9.17, 15) is 5.11 Å². The van der Waals surface area contributed by atoms with E-state index in [1.165, 1.54) is 6.42 Å². The van der Waals surface area contributed by atoms with Crippen LogP contribution in [0.4, 0.5) is 0 Å². The monoisotopic (exact) mass is 469 g/mol. The summed E-state index contributed by atoms with van der Waals surface area (Å²) in [7, 11) is 0. The molecule has 0 radical (unpaired) electrons. The van der Waals surface area contributed by atoms with Crippen molar-refractivity contribution in [2.75, 3.05) is 39.5 Å². The number of halogens is 1. The van der Waals surface area contributed by atoms with Gasteiger partial charge in [0.25, 0.3) is 0 Å². The van der Waals surface area contributed by atoms with Crippen LogP contribution in [0.25, 0.3) is 0 Å². The maximum absolute atomic E-state index is 10.5. The Morgan fingerprint density at radius 1 is 1.24 bits per heavy atom. The van der Waals surface area contributed by atoms with Crippen LogP contribution in [0.2, 0.25) is 0 Å². The number of hydrogen-bond acceptors (Lipinski definition) is 4. The van der Waals surface area contributed by atoms with Gasteiger partial charge in [-0.25, -0.2) is 0 Å². The highest BCUT2D eigenvalue weighted by Gasteiger charge is 2.28. The van der Waals surface area contributed by atoms with Gasteiger partial charge in [0.05, 0.1) is 24.9 Å². The highest BCUT2D eigenvalue weighted by Crippen LogP contribution is 2.28. The lowest BCUT2D eigenvalue weighted by Crippen LogP contribution is -2.41. The van der Waals surface area contributed by atoms with Gasteiger partial charge < -0.3 is 25.2 Å². The van der Waals surface area contributed by atoms with Crippen molar-refractivity contribution >= 4 is 29.9 Å². The summed E-state index contributed by atoms with van der Waals surface area (Å²) >= 11 is 0. The number of nitrogens with zero attached hydrogens (tertiary/aromatic N) is 1. The molecule has 1 saturated heterocycles. The smallest absolute Gasteiger partial charge is 0.191 e. The molecule has 2 fully saturated rings. The third-order valence-corrected chi connectivity index (χ3v) is 4.75. The van der Waals surface area contributed by atoms with Crippen LogP contribution in [0, 0.1) is 0 Å². The molecule has 0 aromatic heterocycles. The number of rotatable bonds is 9. The number of nitrogens with one attached hydrogen (secondary N) is 2. The molecule has 0 amide bonds. The fraction of sp³-hybridized carbons (Fsp3) is 0.944. The predicted octanol–water partition coefficient (Wildman–Crippen LogP) is 2.44. The molecule has 0 spiro atoms. The minimum absolute atomic E-state index is 0. The maximum atomic E-state index is 10.5. The second kappa shape index (κ2) is 13.1. The lowest BCUT2D eigenvalue weighted by atomic mass is 9.85. The van der Waals surface area contributed by atoms with Crippen LogP contribution in [-0.2, 0) is 9.47 Å². The topological polar surface area (TPSA) is 75.1 Å². The zero-order valence-electron chi connectivity index (χ0n) is 15.6. The molecule has 1 atom stereocenters. The van der Waals surface area contributed by atoms with Crippen LogP contribution in [0.5, 0.6) is 0 Å². The van der Waals surface area contributed by atoms with Crippen molar-refractivity contribution in [3.63, 3.8) is 0 Å². The number of hydrogen-bond donors (Lipinski definition) is 3. The molecule has 6 nitrogen and oxygen atoms in total. The van der Waals surface area contributed by atoms with Gasteiger partial charge in [-0.1, -0.05) is 19.3 Å². The maximum Gasteiger partial charge on any atom is 0.191 e. The zero-order chi connectivity index (χ0) is 17.1. The first-order valence-electron chi connectivity index (χ1n) is 9.66. The Labute approximate surface area is 169 Å². The van der Waals surface area contributed by atoms with E-state index in [0.29, 0.717) is 19.3 Å². The molecular formula is C18H36IN3O3. The van der Waals surface area contributed by atoms with Crippen molar-refractivity contribution in [1.29, 1.82) is 0 Å². The summed E-state index contributed by atoms with van der Waals surface area (Å²) in [5, 5.41) is 17.1. The van der Waals surface area contributed by atoms with E-state index in [2.05, 4.69) is 22.5 Å². The van der Waals surface area contributed by atoms with Crippen LogP contribution in [0.3, 0.4) is 0 Å². The van der Waals surface area contributed by atoms with Gasteiger partial charge in [0.15, 0.2) is 5.96 Å². The van der Waals surface area contributed by atoms with E-state index < -0.39 is 5.60 Å². The largest absolute Gasteiger partial charge is 0.388 e. The summed E-state index contributed by atoms with van der Waals surface area (Å²) in [5.41, 5.74) is -0.606. The molecule has 0 aromatic rings. The Balaban J connectivity index is 0.00000312. The quantitative estimate of drug-likeness (QED) is 0.209. The van der Waals surface area contributed by atoms with E-state index in [1.807, 2.05) is 0 Å². The first-order valence-corrected chi connectivity index (χ1v) is 9.66. The lowest BCUT2D eigenvalue weighted by molar-refractivity contribution is 0.0131. The number of guanidine groups is 1. The van der Waals surface area contributed by atoms with Crippen molar-refractivity contribution in [2.24, 2.45) is 4.99 Å². The molecule has 1 aliphatic carbocycles. The molecule has 1 aliphatic heterocycles. The molecule has 7 heteroatoms. The molecule has 1 heterocycles. The summed E-state index contributed by atoms with van der Waals surface area (Å²) in [6, 6.07) is 0. The average Bonchev–Trinajstić information content (AvgIpc) is 3.10. The molecule has 3 N–H and O–H groups in total. The van der Waals surface area contributed by atoms with Crippen LogP contribution < -0.4 is 10.6 Å². The van der Waals surface area contributed by atoms with Crippen LogP contribution in [0.1, 0.15) is 58.3 Å². The molecule has 2 aliphatic rings. The Hall–Kier alpha value is -0.120. The average molecular weight is 469 g/mol. The molecule has 0 bridgehead atoms. The van der Waals surface area contributed by atoms with Crippen molar-refractivity contribution in [3.05, 3.63) is 0 Å². The number of aliphatic hydroxyl groups is 1. The van der Waals surface area contributed by atoms with Gasteiger partial charge in [-0.05, 0) is 39.0 Å². The number of aliphatic imine (C=N–C) groups is 1. The van der Waals surface area contributed by atoms with Gasteiger partial charge in [-0.2, -0.15) is 0 Å². The van der Waals surface area contributed by atoms with Crippen molar-refractivity contribution in [1.82, 2.24) is 10.6 Å². The molecule has 1 unspecified atom stereocenters. The first-order chi connectivity index (χ1) is 11.7. The summed E-state index contributed by atoms with van der Waals surface area (Å²) in [5.74, 6) is 0.788. The minimum atomic E-state index is -0.606. The second-order valence-corrected chi connectivity index (χ2v) is 6.97. The minimum Gasteiger partial charge on any atom is -0.388 e. The van der Waals surface area contributed by atoms with Gasteiger partial charge in [0.2, 0.25) is 0 Å². The molecule has 25 heavy (non-hydrogen) atoms. The van der Waals surface area contributed by atoms with Gasteiger partial charge in [-0.3, -0.25) is 4.99 Å². The Bertz CT molecular complexity index is 371. The van der Waals surface area contributed by atoms with Crippen LogP contribution >= 0.6 is 24.0 Å². The molecule has 148 valence electrons. The van der Waals surface area contributed by atoms with Gasteiger partial charge in [0, 0.05) is 26.3 Å². The fourth-order valence-corrected chi connectivity index (χ4v) is 3.31. The Morgan fingerprint density at radius 2 is 2.04 bits per heavy atom. The van der Waals surface area contributed by atoms with E-state index in [-0.39, 0.29) is 24.0 Å². The van der Waals surface area contributed by atoms with E-state index in [4.69, 9.17) is 9.47 Å². The Kier molecular flexibility index (Phi) is 12.0. The summed E-state index contributed by atoms with van der Waals surface area (Å²) in [6.07, 6.45) is 8.70. The van der Waals surface area contributed by atoms with Crippen molar-refractivity contribution in [3.8, 4) is 0 Å². The normalized spacial score (nSPS) is 23.1. The summed E-state index contributed by atoms with van der Waals surface area (Å²) in [6.45, 7) is 6.49. The van der Waals surface area contributed by atoms with E-state index in [1.54, 1.807) is 0 Å². The van der Waals surface area contributed by atoms with Gasteiger partial charge >= 0.3 is 0 Å². The molecule has 2 rings (SSSR count). The molecule has 0 aromatic carbocycles. The van der Waals surface area contributed by atoms with Crippen LogP contribution in [0.15, 0.2) is 4.99 Å². The van der Waals surface area contributed by atoms with Crippen molar-refractivity contribution < 1.29 is 14.6 Å². The Morgan fingerprint density at radius 3 is 2.72 bits per heavy atom. The van der Waals surface area contributed by atoms with Gasteiger partial charge in [-0.15, -0.1) is 24.0 Å². The SMILES string of the molecule is CCNC(=NCC1(O)CCCCC1)NCCCOCC1CCCO1.I.